The van der Waals surface area contributed by atoms with Crippen LogP contribution >= 0.6 is 23.2 Å². The number of nitrogens with zero attached hydrogens (tertiary/aromatic N) is 5. The van der Waals surface area contributed by atoms with E-state index in [1.54, 1.807) is 34.6 Å². The SMILES string of the molecule is Cc1onc(C(=O)Nc2cc(C)n(Cc3ccc(F)cc3Cl)n2)c1Cn1cc(Cl)cn1. The van der Waals surface area contributed by atoms with Gasteiger partial charge in [0, 0.05) is 28.5 Å². The zero-order valence-corrected chi connectivity index (χ0v) is 18.1. The molecule has 0 unspecified atom stereocenters. The summed E-state index contributed by atoms with van der Waals surface area (Å²) in [7, 11) is 0. The molecule has 1 N–H and O–H groups in total. The summed E-state index contributed by atoms with van der Waals surface area (Å²) >= 11 is 12.0. The topological polar surface area (TPSA) is 90.8 Å². The molecule has 0 aliphatic rings. The van der Waals surface area contributed by atoms with Crippen molar-refractivity contribution in [3.63, 3.8) is 0 Å². The molecule has 4 aromatic rings. The summed E-state index contributed by atoms with van der Waals surface area (Å²) in [5.74, 6) is -0.0246. The highest BCUT2D eigenvalue weighted by atomic mass is 35.5. The molecule has 3 heterocycles. The normalized spacial score (nSPS) is 11.1. The average molecular weight is 463 g/mol. The Hall–Kier alpha value is -3.17. The number of carbonyl (C=O) groups is 1. The number of benzene rings is 1. The molecule has 0 saturated carbocycles. The third kappa shape index (κ3) is 4.62. The van der Waals surface area contributed by atoms with Gasteiger partial charge in [0.25, 0.3) is 5.91 Å². The summed E-state index contributed by atoms with van der Waals surface area (Å²) in [6.07, 6.45) is 3.15. The summed E-state index contributed by atoms with van der Waals surface area (Å²) in [6.45, 7) is 4.17. The Morgan fingerprint density at radius 3 is 2.74 bits per heavy atom. The average Bonchev–Trinajstić information content (AvgIpc) is 3.38. The number of halogens is 3. The van der Waals surface area contributed by atoms with Crippen LogP contribution in [-0.2, 0) is 13.1 Å². The van der Waals surface area contributed by atoms with Crippen molar-refractivity contribution in [1.82, 2.24) is 24.7 Å². The predicted octanol–water partition coefficient (Wildman–Crippen LogP) is 4.48. The van der Waals surface area contributed by atoms with Crippen molar-refractivity contribution in [3.8, 4) is 0 Å². The molecule has 31 heavy (non-hydrogen) atoms. The zero-order chi connectivity index (χ0) is 22.1. The lowest BCUT2D eigenvalue weighted by Gasteiger charge is -2.07. The van der Waals surface area contributed by atoms with Crippen molar-refractivity contribution in [2.24, 2.45) is 0 Å². The second-order valence-corrected chi connectivity index (χ2v) is 7.78. The van der Waals surface area contributed by atoms with Gasteiger partial charge in [0.05, 0.1) is 24.3 Å². The van der Waals surface area contributed by atoms with E-state index in [2.05, 4.69) is 20.7 Å². The summed E-state index contributed by atoms with van der Waals surface area (Å²) in [4.78, 5) is 12.8. The van der Waals surface area contributed by atoms with Crippen LogP contribution in [0.2, 0.25) is 10.0 Å². The number of amides is 1. The molecule has 0 atom stereocenters. The van der Waals surface area contributed by atoms with Gasteiger partial charge in [-0.25, -0.2) is 4.39 Å². The number of aromatic nitrogens is 5. The Bertz CT molecular complexity index is 1260. The van der Waals surface area contributed by atoms with Crippen molar-refractivity contribution < 1.29 is 13.7 Å². The van der Waals surface area contributed by atoms with Crippen LogP contribution in [0.3, 0.4) is 0 Å². The van der Waals surface area contributed by atoms with E-state index in [-0.39, 0.29) is 12.2 Å². The monoisotopic (exact) mass is 462 g/mol. The van der Waals surface area contributed by atoms with Crippen LogP contribution in [0, 0.1) is 19.7 Å². The third-order valence-corrected chi connectivity index (χ3v) is 5.23. The first-order chi connectivity index (χ1) is 14.8. The Balaban J connectivity index is 1.51. The van der Waals surface area contributed by atoms with Crippen LogP contribution in [0.15, 0.2) is 41.2 Å². The molecule has 0 spiro atoms. The third-order valence-electron chi connectivity index (χ3n) is 4.68. The van der Waals surface area contributed by atoms with E-state index in [9.17, 15) is 9.18 Å². The number of hydrogen-bond acceptors (Lipinski definition) is 5. The van der Waals surface area contributed by atoms with E-state index in [1.807, 2.05) is 6.92 Å². The van der Waals surface area contributed by atoms with Crippen molar-refractivity contribution in [1.29, 1.82) is 0 Å². The van der Waals surface area contributed by atoms with Crippen molar-refractivity contribution in [3.05, 3.63) is 80.8 Å². The lowest BCUT2D eigenvalue weighted by molar-refractivity contribution is 0.101. The van der Waals surface area contributed by atoms with Gasteiger partial charge in [-0.1, -0.05) is 34.4 Å². The minimum Gasteiger partial charge on any atom is -0.361 e. The molecule has 4 rings (SSSR count). The van der Waals surface area contributed by atoms with Crippen LogP contribution in [0.1, 0.15) is 33.1 Å². The van der Waals surface area contributed by atoms with Gasteiger partial charge < -0.3 is 9.84 Å². The Kier molecular flexibility index (Phi) is 5.79. The number of hydrogen-bond donors (Lipinski definition) is 1. The van der Waals surface area contributed by atoms with Gasteiger partial charge in [0.1, 0.15) is 11.6 Å². The summed E-state index contributed by atoms with van der Waals surface area (Å²) < 4.78 is 21.7. The fourth-order valence-corrected chi connectivity index (χ4v) is 3.44. The molecule has 11 heteroatoms. The molecule has 0 bridgehead atoms. The number of carbonyl (C=O) groups excluding carboxylic acids is 1. The number of aryl methyl sites for hydroxylation is 2. The second kappa shape index (κ2) is 8.52. The first-order valence-corrected chi connectivity index (χ1v) is 9.98. The zero-order valence-electron chi connectivity index (χ0n) is 16.6. The standard InChI is InChI=1S/C20H17Cl2FN6O2/c1-11-5-18(26-29(11)8-13-3-4-15(23)6-17(13)22)25-20(30)19-16(12(2)31-27-19)10-28-9-14(21)7-24-28/h3-7,9H,8,10H2,1-2H3,(H,25,26,30). The van der Waals surface area contributed by atoms with Gasteiger partial charge in [-0.05, 0) is 31.5 Å². The predicted molar refractivity (Wildman–Crippen MR) is 113 cm³/mol. The Labute approximate surface area is 186 Å². The van der Waals surface area contributed by atoms with Gasteiger partial charge in [-0.15, -0.1) is 0 Å². The highest BCUT2D eigenvalue weighted by Gasteiger charge is 2.21. The lowest BCUT2D eigenvalue weighted by Crippen LogP contribution is -2.16. The molecule has 0 aliphatic heterocycles. The molecule has 1 amide bonds. The molecule has 0 fully saturated rings. The quantitative estimate of drug-likeness (QED) is 0.456. The molecule has 0 saturated heterocycles. The summed E-state index contributed by atoms with van der Waals surface area (Å²) in [6, 6.07) is 5.90. The fraction of sp³-hybridized carbons (Fsp3) is 0.200. The van der Waals surface area contributed by atoms with Crippen LogP contribution in [0.25, 0.3) is 0 Å². The van der Waals surface area contributed by atoms with E-state index in [1.165, 1.54) is 18.3 Å². The smallest absolute Gasteiger partial charge is 0.279 e. The Morgan fingerprint density at radius 2 is 2.03 bits per heavy atom. The lowest BCUT2D eigenvalue weighted by atomic mass is 10.2. The summed E-state index contributed by atoms with van der Waals surface area (Å²) in [5.41, 5.74) is 2.22. The fourth-order valence-electron chi connectivity index (χ4n) is 3.06. The molecule has 3 aromatic heterocycles. The molecular weight excluding hydrogens is 446 g/mol. The first-order valence-electron chi connectivity index (χ1n) is 9.23. The number of nitrogens with one attached hydrogen (secondary N) is 1. The van der Waals surface area contributed by atoms with Gasteiger partial charge in [0.15, 0.2) is 11.5 Å². The van der Waals surface area contributed by atoms with E-state index < -0.39 is 11.7 Å². The second-order valence-electron chi connectivity index (χ2n) is 6.94. The maximum Gasteiger partial charge on any atom is 0.279 e. The molecule has 160 valence electrons. The number of anilines is 1. The van der Waals surface area contributed by atoms with Gasteiger partial charge >= 0.3 is 0 Å². The highest BCUT2D eigenvalue weighted by Crippen LogP contribution is 2.21. The van der Waals surface area contributed by atoms with Crippen molar-refractivity contribution in [2.75, 3.05) is 5.32 Å². The molecule has 8 nitrogen and oxygen atoms in total. The minimum atomic E-state index is -0.463. The van der Waals surface area contributed by atoms with Gasteiger partial charge in [-0.3, -0.25) is 14.2 Å². The maximum absolute atomic E-state index is 13.3. The minimum absolute atomic E-state index is 0.137. The molecular formula is C20H17Cl2FN6O2. The highest BCUT2D eigenvalue weighted by molar-refractivity contribution is 6.31. The Morgan fingerprint density at radius 1 is 1.23 bits per heavy atom. The van der Waals surface area contributed by atoms with E-state index in [4.69, 9.17) is 27.7 Å². The molecule has 1 aromatic carbocycles. The maximum atomic E-state index is 13.3. The van der Waals surface area contributed by atoms with Crippen LogP contribution in [0.4, 0.5) is 10.2 Å². The van der Waals surface area contributed by atoms with E-state index in [0.717, 1.165) is 5.69 Å². The van der Waals surface area contributed by atoms with Crippen LogP contribution < -0.4 is 5.32 Å². The first kappa shape index (κ1) is 21.1. The van der Waals surface area contributed by atoms with Crippen LogP contribution in [-0.4, -0.2) is 30.6 Å². The van der Waals surface area contributed by atoms with E-state index >= 15 is 0 Å². The largest absolute Gasteiger partial charge is 0.361 e. The van der Waals surface area contributed by atoms with Gasteiger partial charge in [-0.2, -0.15) is 10.2 Å². The molecule has 0 radical (unpaired) electrons. The summed E-state index contributed by atoms with van der Waals surface area (Å²) in [5, 5.41) is 15.9. The number of rotatable bonds is 6. The van der Waals surface area contributed by atoms with E-state index in [0.29, 0.717) is 39.3 Å². The molecule has 0 aliphatic carbocycles. The van der Waals surface area contributed by atoms with Gasteiger partial charge in [0.2, 0.25) is 0 Å². The van der Waals surface area contributed by atoms with Crippen molar-refractivity contribution in [2.45, 2.75) is 26.9 Å². The van der Waals surface area contributed by atoms with Crippen LogP contribution in [0.5, 0.6) is 0 Å². The van der Waals surface area contributed by atoms with Crippen molar-refractivity contribution >= 4 is 34.9 Å².